The minimum absolute atomic E-state index is 0.387. The first-order chi connectivity index (χ1) is 13.5. The minimum Gasteiger partial charge on any atom is -0.423 e. The summed E-state index contributed by atoms with van der Waals surface area (Å²) in [6.07, 6.45) is 0. The molecule has 0 bridgehead atoms. The first-order valence-electron chi connectivity index (χ1n) is 9.08. The van der Waals surface area contributed by atoms with Crippen LogP contribution in [0.15, 0.2) is 30.3 Å². The number of ether oxygens (including phenoxy) is 1. The van der Waals surface area contributed by atoms with Gasteiger partial charge < -0.3 is 24.3 Å². The van der Waals surface area contributed by atoms with E-state index in [9.17, 15) is 10.0 Å². The molecule has 6 nitrogen and oxygen atoms in total. The highest BCUT2D eigenvalue weighted by Crippen LogP contribution is 2.29. The quantitative estimate of drug-likeness (QED) is 0.634. The van der Waals surface area contributed by atoms with Crippen LogP contribution in [0.25, 0.3) is 11.0 Å². The van der Waals surface area contributed by atoms with Gasteiger partial charge in [0, 0.05) is 24.2 Å². The van der Waals surface area contributed by atoms with Crippen LogP contribution in [0.3, 0.4) is 0 Å². The third kappa shape index (κ3) is 3.61. The van der Waals surface area contributed by atoms with Gasteiger partial charge >= 0.3 is 7.12 Å². The van der Waals surface area contributed by atoms with E-state index in [0.29, 0.717) is 40.8 Å². The summed E-state index contributed by atoms with van der Waals surface area (Å²) in [5, 5.41) is 20.9. The summed E-state index contributed by atoms with van der Waals surface area (Å²) in [6.45, 7) is 5.16. The van der Waals surface area contributed by atoms with Crippen LogP contribution in [0.2, 0.25) is 10.0 Å². The van der Waals surface area contributed by atoms with E-state index in [1.54, 1.807) is 12.1 Å². The summed E-state index contributed by atoms with van der Waals surface area (Å²) in [5.41, 5.74) is 3.57. The lowest BCUT2D eigenvalue weighted by atomic mass is 9.79. The first kappa shape index (κ1) is 19.5. The summed E-state index contributed by atoms with van der Waals surface area (Å²) in [7, 11) is -1.61. The lowest BCUT2D eigenvalue weighted by molar-refractivity contribution is 0.122. The average Bonchev–Trinajstić information content (AvgIpc) is 3.00. The molecule has 0 atom stereocenters. The number of anilines is 1. The largest absolute Gasteiger partial charge is 0.490 e. The zero-order valence-electron chi connectivity index (χ0n) is 15.4. The zero-order valence-corrected chi connectivity index (χ0v) is 16.9. The summed E-state index contributed by atoms with van der Waals surface area (Å²) in [5.74, 6) is 0.757. The molecule has 1 aromatic heterocycles. The second-order valence-corrected chi connectivity index (χ2v) is 7.62. The van der Waals surface area contributed by atoms with Crippen LogP contribution in [0.4, 0.5) is 5.69 Å². The lowest BCUT2D eigenvalue weighted by Gasteiger charge is -2.29. The topological polar surface area (TPSA) is 70.8 Å². The second kappa shape index (κ2) is 7.93. The molecule has 0 unspecified atom stereocenters. The maximum Gasteiger partial charge on any atom is 0.490 e. The number of nitrogens with zero attached hydrogens (tertiary/aromatic N) is 3. The van der Waals surface area contributed by atoms with Crippen LogP contribution in [0.5, 0.6) is 0 Å². The smallest absolute Gasteiger partial charge is 0.423 e. The fourth-order valence-corrected chi connectivity index (χ4v) is 3.97. The van der Waals surface area contributed by atoms with Gasteiger partial charge in [-0.15, -0.1) is 0 Å². The third-order valence-corrected chi connectivity index (χ3v) is 5.93. The Hall–Kier alpha value is -1.77. The SMILES string of the molecule is Cc1nc2c(B(O)O)cc(N3CCOCC3)cc2n1Cc1cccc(Cl)c1Cl. The van der Waals surface area contributed by atoms with Gasteiger partial charge in [-0.1, -0.05) is 35.3 Å². The Labute approximate surface area is 173 Å². The van der Waals surface area contributed by atoms with Crippen LogP contribution < -0.4 is 10.4 Å². The standard InChI is InChI=1S/C19H20BCl2N3O3/c1-12-23-19-15(20(26)27)9-14(24-5-7-28-8-6-24)10-17(19)25(12)11-13-3-2-4-16(21)18(13)22/h2-4,9-10,26-27H,5-8,11H2,1H3. The van der Waals surface area contributed by atoms with E-state index < -0.39 is 7.12 Å². The Morgan fingerprint density at radius 3 is 2.64 bits per heavy atom. The predicted octanol–water partition coefficient (Wildman–Crippen LogP) is 2.22. The molecule has 28 heavy (non-hydrogen) atoms. The Kier molecular flexibility index (Phi) is 5.54. The molecule has 0 radical (unpaired) electrons. The van der Waals surface area contributed by atoms with Crippen molar-refractivity contribution in [3.05, 3.63) is 51.8 Å². The monoisotopic (exact) mass is 419 g/mol. The predicted molar refractivity (Wildman–Crippen MR) is 113 cm³/mol. The fraction of sp³-hybridized carbons (Fsp3) is 0.316. The van der Waals surface area contributed by atoms with E-state index in [4.69, 9.17) is 27.9 Å². The van der Waals surface area contributed by atoms with E-state index in [1.165, 1.54) is 0 Å². The van der Waals surface area contributed by atoms with Crippen LogP contribution >= 0.6 is 23.2 Å². The van der Waals surface area contributed by atoms with Crippen molar-refractivity contribution in [2.75, 3.05) is 31.2 Å². The van der Waals surface area contributed by atoms with Gasteiger partial charge in [-0.25, -0.2) is 4.98 Å². The molecule has 1 aliphatic rings. The number of rotatable bonds is 4. The third-order valence-electron chi connectivity index (χ3n) is 5.07. The highest BCUT2D eigenvalue weighted by atomic mass is 35.5. The number of fused-ring (bicyclic) bond motifs is 1. The van der Waals surface area contributed by atoms with Crippen LogP contribution in [0.1, 0.15) is 11.4 Å². The van der Waals surface area contributed by atoms with Gasteiger partial charge in [0.15, 0.2) is 0 Å². The maximum absolute atomic E-state index is 9.94. The van der Waals surface area contributed by atoms with Crippen molar-refractivity contribution in [2.24, 2.45) is 0 Å². The molecule has 1 aliphatic heterocycles. The number of imidazole rings is 1. The number of hydrogen-bond acceptors (Lipinski definition) is 5. The van der Waals surface area contributed by atoms with E-state index in [-0.39, 0.29) is 0 Å². The van der Waals surface area contributed by atoms with Crippen molar-refractivity contribution in [3.8, 4) is 0 Å². The number of morpholine rings is 1. The van der Waals surface area contributed by atoms with Gasteiger partial charge in [0.05, 0.1) is 40.8 Å². The Balaban J connectivity index is 1.85. The van der Waals surface area contributed by atoms with E-state index in [1.807, 2.05) is 29.7 Å². The van der Waals surface area contributed by atoms with Crippen LogP contribution in [-0.4, -0.2) is 53.0 Å². The molecule has 146 valence electrons. The molecule has 9 heteroatoms. The summed E-state index contributed by atoms with van der Waals surface area (Å²) >= 11 is 12.5. The van der Waals surface area contributed by atoms with Gasteiger partial charge in [-0.05, 0) is 30.7 Å². The van der Waals surface area contributed by atoms with Gasteiger partial charge in [-0.2, -0.15) is 0 Å². The molecule has 2 N–H and O–H groups in total. The lowest BCUT2D eigenvalue weighted by Crippen LogP contribution is -2.38. The summed E-state index contributed by atoms with van der Waals surface area (Å²) in [6, 6.07) is 9.36. The van der Waals surface area contributed by atoms with E-state index in [0.717, 1.165) is 35.7 Å². The fourth-order valence-electron chi connectivity index (χ4n) is 3.59. The first-order valence-corrected chi connectivity index (χ1v) is 9.84. The Morgan fingerprint density at radius 1 is 1.18 bits per heavy atom. The molecular weight excluding hydrogens is 400 g/mol. The van der Waals surface area contributed by atoms with Crippen LogP contribution in [0, 0.1) is 6.92 Å². The van der Waals surface area contributed by atoms with Crippen molar-refractivity contribution in [2.45, 2.75) is 13.5 Å². The van der Waals surface area contributed by atoms with Crippen molar-refractivity contribution < 1.29 is 14.8 Å². The molecule has 0 aliphatic carbocycles. The molecule has 2 aromatic carbocycles. The van der Waals surface area contributed by atoms with Gasteiger partial charge in [0.1, 0.15) is 5.82 Å². The second-order valence-electron chi connectivity index (χ2n) is 6.83. The molecule has 0 amide bonds. The minimum atomic E-state index is -1.61. The highest BCUT2D eigenvalue weighted by molar-refractivity contribution is 6.61. The molecular formula is C19H20BCl2N3O3. The molecule has 2 heterocycles. The van der Waals surface area contributed by atoms with Gasteiger partial charge in [0.2, 0.25) is 0 Å². The molecule has 4 rings (SSSR count). The number of halogens is 2. The number of aryl methyl sites for hydroxylation is 1. The highest BCUT2D eigenvalue weighted by Gasteiger charge is 2.23. The van der Waals surface area contributed by atoms with E-state index >= 15 is 0 Å². The Morgan fingerprint density at radius 2 is 1.93 bits per heavy atom. The normalized spacial score (nSPS) is 14.7. The molecule has 0 spiro atoms. The van der Waals surface area contributed by atoms with E-state index in [2.05, 4.69) is 9.88 Å². The average molecular weight is 420 g/mol. The van der Waals surface area contributed by atoms with Crippen molar-refractivity contribution >= 4 is 52.5 Å². The van der Waals surface area contributed by atoms with Gasteiger partial charge in [-0.3, -0.25) is 0 Å². The van der Waals surface area contributed by atoms with Crippen molar-refractivity contribution in [3.63, 3.8) is 0 Å². The van der Waals surface area contributed by atoms with Crippen molar-refractivity contribution in [1.29, 1.82) is 0 Å². The summed E-state index contributed by atoms with van der Waals surface area (Å²) < 4.78 is 7.45. The zero-order chi connectivity index (χ0) is 19.8. The maximum atomic E-state index is 9.94. The van der Waals surface area contributed by atoms with Crippen molar-refractivity contribution in [1.82, 2.24) is 9.55 Å². The molecule has 3 aromatic rings. The molecule has 1 saturated heterocycles. The molecule has 0 saturated carbocycles. The number of benzene rings is 2. The number of hydrogen-bond donors (Lipinski definition) is 2. The Bertz CT molecular complexity index is 1020. The van der Waals surface area contributed by atoms with Gasteiger partial charge in [0.25, 0.3) is 0 Å². The molecule has 1 fully saturated rings. The summed E-state index contributed by atoms with van der Waals surface area (Å²) in [4.78, 5) is 6.77. The number of aromatic nitrogens is 2. The van der Waals surface area contributed by atoms with Crippen LogP contribution in [-0.2, 0) is 11.3 Å².